The van der Waals surface area contributed by atoms with Crippen LogP contribution in [0.25, 0.3) is 21.8 Å². The highest BCUT2D eigenvalue weighted by atomic mass is 16.1. The molecule has 0 saturated heterocycles. The molecule has 18 heavy (non-hydrogen) atoms. The van der Waals surface area contributed by atoms with Crippen LogP contribution in [-0.2, 0) is 6.54 Å². The molecule has 2 aromatic heterocycles. The van der Waals surface area contributed by atoms with Crippen molar-refractivity contribution in [3.63, 3.8) is 0 Å². The second-order valence-electron chi connectivity index (χ2n) is 4.49. The Kier molecular flexibility index (Phi) is 2.63. The third-order valence-corrected chi connectivity index (χ3v) is 3.23. The molecule has 92 valence electrons. The average Bonchev–Trinajstić information content (AvgIpc) is 2.74. The van der Waals surface area contributed by atoms with Crippen molar-refractivity contribution in [2.75, 3.05) is 0 Å². The SMILES string of the molecule is CCCCn1[nH]c2c(cnc3ccccc32)c1=O. The molecule has 3 aromatic rings. The van der Waals surface area contributed by atoms with Crippen LogP contribution in [0.1, 0.15) is 19.8 Å². The summed E-state index contributed by atoms with van der Waals surface area (Å²) in [4.78, 5) is 16.5. The normalized spacial score (nSPS) is 11.4. The lowest BCUT2D eigenvalue weighted by molar-refractivity contribution is 0.562. The van der Waals surface area contributed by atoms with Gasteiger partial charge in [-0.2, -0.15) is 0 Å². The van der Waals surface area contributed by atoms with Gasteiger partial charge in [-0.3, -0.25) is 19.6 Å². The van der Waals surface area contributed by atoms with Gasteiger partial charge in [0.1, 0.15) is 0 Å². The van der Waals surface area contributed by atoms with Crippen LogP contribution in [0.15, 0.2) is 35.3 Å². The summed E-state index contributed by atoms with van der Waals surface area (Å²) in [6.07, 6.45) is 3.73. The quantitative estimate of drug-likeness (QED) is 0.766. The monoisotopic (exact) mass is 241 g/mol. The predicted octanol–water partition coefficient (Wildman–Crippen LogP) is 2.68. The van der Waals surface area contributed by atoms with Crippen molar-refractivity contribution in [3.05, 3.63) is 40.8 Å². The lowest BCUT2D eigenvalue weighted by atomic mass is 10.2. The summed E-state index contributed by atoms with van der Waals surface area (Å²) >= 11 is 0. The lowest BCUT2D eigenvalue weighted by Crippen LogP contribution is -2.16. The van der Waals surface area contributed by atoms with E-state index in [0.717, 1.165) is 35.8 Å². The van der Waals surface area contributed by atoms with Crippen molar-refractivity contribution >= 4 is 21.8 Å². The molecule has 4 nitrogen and oxygen atoms in total. The van der Waals surface area contributed by atoms with E-state index in [-0.39, 0.29) is 5.56 Å². The first kappa shape index (κ1) is 11.0. The van der Waals surface area contributed by atoms with Crippen LogP contribution in [0.4, 0.5) is 0 Å². The molecule has 0 amide bonds. The van der Waals surface area contributed by atoms with E-state index in [0.29, 0.717) is 5.39 Å². The Morgan fingerprint density at radius 2 is 2.11 bits per heavy atom. The highest BCUT2D eigenvalue weighted by Gasteiger charge is 2.09. The number of aryl methyl sites for hydroxylation is 1. The number of para-hydroxylation sites is 1. The third kappa shape index (κ3) is 1.61. The predicted molar refractivity (Wildman–Crippen MR) is 72.8 cm³/mol. The van der Waals surface area contributed by atoms with E-state index in [1.54, 1.807) is 10.9 Å². The van der Waals surface area contributed by atoms with Crippen molar-refractivity contribution in [2.45, 2.75) is 26.3 Å². The molecule has 2 heterocycles. The van der Waals surface area contributed by atoms with Crippen molar-refractivity contribution < 1.29 is 0 Å². The largest absolute Gasteiger partial charge is 0.294 e. The maximum Gasteiger partial charge on any atom is 0.275 e. The van der Waals surface area contributed by atoms with Gasteiger partial charge in [-0.25, -0.2) is 0 Å². The molecule has 4 heteroatoms. The van der Waals surface area contributed by atoms with E-state index in [2.05, 4.69) is 17.0 Å². The molecule has 0 aliphatic carbocycles. The smallest absolute Gasteiger partial charge is 0.275 e. The van der Waals surface area contributed by atoms with E-state index in [4.69, 9.17) is 0 Å². The number of H-pyrrole nitrogens is 1. The van der Waals surface area contributed by atoms with E-state index >= 15 is 0 Å². The number of aromatic nitrogens is 3. The summed E-state index contributed by atoms with van der Waals surface area (Å²) in [5, 5.41) is 4.88. The van der Waals surface area contributed by atoms with Crippen molar-refractivity contribution in [1.29, 1.82) is 0 Å². The molecule has 0 fully saturated rings. The summed E-state index contributed by atoms with van der Waals surface area (Å²) < 4.78 is 1.68. The molecular formula is C14H15N3O. The zero-order valence-electron chi connectivity index (χ0n) is 10.3. The number of nitrogens with zero attached hydrogens (tertiary/aromatic N) is 2. The molecule has 0 unspecified atom stereocenters. The van der Waals surface area contributed by atoms with Crippen LogP contribution in [0.5, 0.6) is 0 Å². The maximum atomic E-state index is 12.2. The van der Waals surface area contributed by atoms with Gasteiger partial charge in [0.15, 0.2) is 0 Å². The summed E-state index contributed by atoms with van der Waals surface area (Å²) in [5.41, 5.74) is 1.83. The number of rotatable bonds is 3. The molecule has 0 aliphatic rings. The minimum atomic E-state index is 0.0247. The van der Waals surface area contributed by atoms with Gasteiger partial charge < -0.3 is 0 Å². The Balaban J connectivity index is 2.28. The lowest BCUT2D eigenvalue weighted by Gasteiger charge is -1.98. The van der Waals surface area contributed by atoms with Gasteiger partial charge in [0.05, 0.1) is 16.4 Å². The Morgan fingerprint density at radius 1 is 1.28 bits per heavy atom. The van der Waals surface area contributed by atoms with E-state index in [1.807, 2.05) is 24.3 Å². The molecule has 1 aromatic carbocycles. The fourth-order valence-corrected chi connectivity index (χ4v) is 2.23. The van der Waals surface area contributed by atoms with Crippen LogP contribution >= 0.6 is 0 Å². The van der Waals surface area contributed by atoms with Crippen molar-refractivity contribution in [3.8, 4) is 0 Å². The summed E-state index contributed by atoms with van der Waals surface area (Å²) in [5.74, 6) is 0. The van der Waals surface area contributed by atoms with Gasteiger partial charge in [0.2, 0.25) is 0 Å². The van der Waals surface area contributed by atoms with Gasteiger partial charge in [-0.15, -0.1) is 0 Å². The van der Waals surface area contributed by atoms with Crippen LogP contribution in [-0.4, -0.2) is 14.8 Å². The molecule has 0 saturated carbocycles. The van der Waals surface area contributed by atoms with Crippen LogP contribution in [0, 0.1) is 0 Å². The fourth-order valence-electron chi connectivity index (χ4n) is 2.23. The summed E-state index contributed by atoms with van der Waals surface area (Å²) in [7, 11) is 0. The zero-order chi connectivity index (χ0) is 12.5. The summed E-state index contributed by atoms with van der Waals surface area (Å²) in [6, 6.07) is 7.86. The highest BCUT2D eigenvalue weighted by molar-refractivity contribution is 6.02. The topological polar surface area (TPSA) is 50.7 Å². The average molecular weight is 241 g/mol. The third-order valence-electron chi connectivity index (χ3n) is 3.23. The van der Waals surface area contributed by atoms with E-state index in [9.17, 15) is 4.79 Å². The minimum absolute atomic E-state index is 0.0247. The fraction of sp³-hybridized carbons (Fsp3) is 0.286. The number of hydrogen-bond acceptors (Lipinski definition) is 2. The number of pyridine rings is 1. The molecule has 1 N–H and O–H groups in total. The summed E-state index contributed by atoms with van der Waals surface area (Å²) in [6.45, 7) is 2.85. The second kappa shape index (κ2) is 4.29. The molecular weight excluding hydrogens is 226 g/mol. The first-order valence-corrected chi connectivity index (χ1v) is 6.27. The van der Waals surface area contributed by atoms with Gasteiger partial charge >= 0.3 is 0 Å². The number of benzene rings is 1. The van der Waals surface area contributed by atoms with Crippen molar-refractivity contribution in [2.24, 2.45) is 0 Å². The van der Waals surface area contributed by atoms with E-state index < -0.39 is 0 Å². The van der Waals surface area contributed by atoms with Gasteiger partial charge in [-0.05, 0) is 12.5 Å². The molecule has 3 rings (SSSR count). The molecule has 0 spiro atoms. The Morgan fingerprint density at radius 3 is 2.94 bits per heavy atom. The Hall–Kier alpha value is -2.10. The minimum Gasteiger partial charge on any atom is -0.294 e. The Bertz CT molecular complexity index is 754. The molecule has 0 radical (unpaired) electrons. The standard InChI is InChI=1S/C14H15N3O/c1-2-3-8-17-14(18)11-9-15-12-7-5-4-6-10(12)13(11)16-17/h4-7,9,16H,2-3,8H2,1H3. The van der Waals surface area contributed by atoms with Crippen LogP contribution < -0.4 is 5.56 Å². The first-order valence-electron chi connectivity index (χ1n) is 6.27. The van der Waals surface area contributed by atoms with Crippen LogP contribution in [0.2, 0.25) is 0 Å². The second-order valence-corrected chi connectivity index (χ2v) is 4.49. The van der Waals surface area contributed by atoms with E-state index in [1.165, 1.54) is 0 Å². The van der Waals surface area contributed by atoms with Crippen molar-refractivity contribution in [1.82, 2.24) is 14.8 Å². The van der Waals surface area contributed by atoms with Gasteiger partial charge in [0, 0.05) is 18.1 Å². The highest BCUT2D eigenvalue weighted by Crippen LogP contribution is 2.19. The number of nitrogens with one attached hydrogen (secondary N) is 1. The molecule has 0 aliphatic heterocycles. The zero-order valence-corrected chi connectivity index (χ0v) is 10.3. The van der Waals surface area contributed by atoms with Gasteiger partial charge in [-0.1, -0.05) is 31.5 Å². The number of aromatic amines is 1. The number of hydrogen-bond donors (Lipinski definition) is 1. The number of unbranched alkanes of at least 4 members (excludes halogenated alkanes) is 1. The first-order chi connectivity index (χ1) is 8.81. The number of fused-ring (bicyclic) bond motifs is 3. The molecule has 0 bridgehead atoms. The van der Waals surface area contributed by atoms with Gasteiger partial charge in [0.25, 0.3) is 5.56 Å². The Labute approximate surface area is 104 Å². The maximum absolute atomic E-state index is 12.2. The van der Waals surface area contributed by atoms with Crippen LogP contribution in [0.3, 0.4) is 0 Å². The molecule has 0 atom stereocenters.